The normalized spacial score (nSPS) is 17.2. The van der Waals surface area contributed by atoms with Crippen molar-refractivity contribution in [1.29, 1.82) is 0 Å². The lowest BCUT2D eigenvalue weighted by molar-refractivity contribution is -0.138. The fraction of sp³-hybridized carbons (Fsp3) is 0.382. The van der Waals surface area contributed by atoms with Gasteiger partial charge < -0.3 is 14.6 Å². The van der Waals surface area contributed by atoms with Crippen molar-refractivity contribution in [2.24, 2.45) is 5.92 Å². The van der Waals surface area contributed by atoms with Crippen molar-refractivity contribution >= 4 is 5.97 Å². The summed E-state index contributed by atoms with van der Waals surface area (Å²) in [5, 5.41) is 9.20. The van der Waals surface area contributed by atoms with Gasteiger partial charge in [-0.3, -0.25) is 0 Å². The Morgan fingerprint density at radius 2 is 1.58 bits per heavy atom. The quantitative estimate of drug-likeness (QED) is 0.224. The first-order chi connectivity index (χ1) is 18.4. The maximum atomic E-state index is 11.8. The summed E-state index contributed by atoms with van der Waals surface area (Å²) < 4.78 is 11.0. The van der Waals surface area contributed by atoms with Crippen LogP contribution in [0.4, 0.5) is 0 Å². The molecule has 0 amide bonds. The number of carbonyl (C=O) groups is 1. The molecule has 4 nitrogen and oxygen atoms in total. The Balaban J connectivity index is 1.51. The monoisotopic (exact) mass is 512 g/mol. The van der Waals surface area contributed by atoms with Crippen molar-refractivity contribution in [2.75, 3.05) is 19.8 Å². The fourth-order valence-corrected chi connectivity index (χ4v) is 5.32. The number of aryl methyl sites for hydroxylation is 1. The Morgan fingerprint density at radius 3 is 2.24 bits per heavy atom. The number of rotatable bonds is 10. The predicted molar refractivity (Wildman–Crippen MR) is 154 cm³/mol. The molecule has 1 aliphatic rings. The minimum atomic E-state index is -0.397. The van der Waals surface area contributed by atoms with E-state index in [0.717, 1.165) is 22.6 Å². The first-order valence-electron chi connectivity index (χ1n) is 13.8. The third-order valence-electron chi connectivity index (χ3n) is 7.63. The van der Waals surface area contributed by atoms with Gasteiger partial charge in [0.1, 0.15) is 12.4 Å². The Hall–Kier alpha value is -3.37. The van der Waals surface area contributed by atoms with E-state index in [1.165, 1.54) is 47.9 Å². The molecule has 1 saturated carbocycles. The van der Waals surface area contributed by atoms with Crippen LogP contribution in [0.1, 0.15) is 62.1 Å². The number of ether oxygens (including phenoxy) is 2. The Kier molecular flexibility index (Phi) is 9.41. The van der Waals surface area contributed by atoms with E-state index in [9.17, 15) is 9.90 Å². The van der Waals surface area contributed by atoms with E-state index < -0.39 is 5.97 Å². The van der Waals surface area contributed by atoms with Gasteiger partial charge in [-0.2, -0.15) is 0 Å². The summed E-state index contributed by atoms with van der Waals surface area (Å²) in [7, 11) is 0. The highest BCUT2D eigenvalue weighted by Crippen LogP contribution is 2.37. The van der Waals surface area contributed by atoms with Crippen LogP contribution < -0.4 is 4.74 Å². The van der Waals surface area contributed by atoms with Crippen LogP contribution in [0.3, 0.4) is 0 Å². The zero-order valence-corrected chi connectivity index (χ0v) is 23.0. The Morgan fingerprint density at radius 1 is 0.921 bits per heavy atom. The average molecular weight is 513 g/mol. The maximum Gasteiger partial charge on any atom is 0.333 e. The molecule has 1 N–H and O–H groups in total. The third-order valence-corrected chi connectivity index (χ3v) is 7.63. The van der Waals surface area contributed by atoms with Gasteiger partial charge in [0.15, 0.2) is 0 Å². The van der Waals surface area contributed by atoms with Crippen molar-refractivity contribution in [1.82, 2.24) is 0 Å². The standard InChI is InChI=1S/C34H40O4/c1-23(2)34(36)38-19-17-31-22-30(14-16-33(31)37-20-18-35)29-13-15-32(25(4)21-29)28-11-9-27(10-12-28)26-7-5-24(3)6-8-26/h9-16,21-22,24,26,35H,1,5-8,17-20H2,2-4H3. The summed E-state index contributed by atoms with van der Waals surface area (Å²) >= 11 is 0. The number of esters is 1. The predicted octanol–water partition coefficient (Wildman–Crippen LogP) is 7.66. The molecule has 200 valence electrons. The average Bonchev–Trinajstić information content (AvgIpc) is 2.92. The molecule has 4 rings (SSSR count). The highest BCUT2D eigenvalue weighted by atomic mass is 16.5. The van der Waals surface area contributed by atoms with Crippen molar-refractivity contribution < 1.29 is 19.4 Å². The summed E-state index contributed by atoms with van der Waals surface area (Å²) in [6.07, 6.45) is 5.79. The summed E-state index contributed by atoms with van der Waals surface area (Å²) in [5.74, 6) is 1.86. The number of carbonyl (C=O) groups excluding carboxylic acids is 1. The minimum absolute atomic E-state index is 0.0622. The lowest BCUT2D eigenvalue weighted by Gasteiger charge is -2.26. The summed E-state index contributed by atoms with van der Waals surface area (Å²) in [5.41, 5.74) is 8.68. The number of benzene rings is 3. The van der Waals surface area contributed by atoms with E-state index in [2.05, 4.69) is 69.0 Å². The van der Waals surface area contributed by atoms with Crippen LogP contribution in [-0.4, -0.2) is 30.9 Å². The van der Waals surface area contributed by atoms with E-state index in [1.807, 2.05) is 12.1 Å². The van der Waals surface area contributed by atoms with Gasteiger partial charge in [0.2, 0.25) is 0 Å². The van der Waals surface area contributed by atoms with Gasteiger partial charge in [-0.25, -0.2) is 4.79 Å². The van der Waals surface area contributed by atoms with Crippen molar-refractivity contribution in [3.63, 3.8) is 0 Å². The van der Waals surface area contributed by atoms with Crippen molar-refractivity contribution in [2.45, 2.75) is 58.8 Å². The molecule has 0 heterocycles. The molecule has 1 fully saturated rings. The number of hydrogen-bond acceptors (Lipinski definition) is 4. The molecule has 1 aliphatic carbocycles. The molecule has 0 unspecified atom stereocenters. The zero-order chi connectivity index (χ0) is 27.1. The number of hydrogen-bond donors (Lipinski definition) is 1. The smallest absolute Gasteiger partial charge is 0.333 e. The van der Waals surface area contributed by atoms with Gasteiger partial charge in [0.25, 0.3) is 0 Å². The van der Waals surface area contributed by atoms with Crippen LogP contribution in [-0.2, 0) is 16.0 Å². The highest BCUT2D eigenvalue weighted by Gasteiger charge is 2.19. The Labute approximate surface area is 227 Å². The van der Waals surface area contributed by atoms with Crippen molar-refractivity contribution in [3.05, 3.63) is 89.5 Å². The third kappa shape index (κ3) is 6.93. The minimum Gasteiger partial charge on any atom is -0.491 e. The maximum absolute atomic E-state index is 11.8. The number of aliphatic hydroxyl groups excluding tert-OH is 1. The number of aliphatic hydroxyl groups is 1. The second kappa shape index (κ2) is 12.9. The van der Waals surface area contributed by atoms with E-state index in [1.54, 1.807) is 6.92 Å². The molecule has 4 heteroatoms. The molecule has 0 atom stereocenters. The first kappa shape index (κ1) is 27.7. The van der Waals surface area contributed by atoms with E-state index >= 15 is 0 Å². The highest BCUT2D eigenvalue weighted by molar-refractivity contribution is 5.86. The molecule has 0 spiro atoms. The van der Waals surface area contributed by atoms with E-state index in [0.29, 0.717) is 23.7 Å². The summed E-state index contributed by atoms with van der Waals surface area (Å²) in [6.45, 7) is 10.2. The lowest BCUT2D eigenvalue weighted by atomic mass is 9.79. The second-order valence-electron chi connectivity index (χ2n) is 10.7. The van der Waals surface area contributed by atoms with Crippen LogP contribution in [0.25, 0.3) is 22.3 Å². The second-order valence-corrected chi connectivity index (χ2v) is 10.7. The van der Waals surface area contributed by atoms with Crippen LogP contribution in [0.15, 0.2) is 72.8 Å². The van der Waals surface area contributed by atoms with Gasteiger partial charge >= 0.3 is 5.97 Å². The fourth-order valence-electron chi connectivity index (χ4n) is 5.32. The molecule has 0 radical (unpaired) electrons. The van der Waals surface area contributed by atoms with Gasteiger partial charge in [0, 0.05) is 12.0 Å². The molecule has 0 aromatic heterocycles. The van der Waals surface area contributed by atoms with Crippen LogP contribution in [0.2, 0.25) is 0 Å². The van der Waals surface area contributed by atoms with Crippen molar-refractivity contribution in [3.8, 4) is 28.0 Å². The summed E-state index contributed by atoms with van der Waals surface area (Å²) in [6, 6.07) is 21.8. The molecule has 3 aromatic carbocycles. The lowest BCUT2D eigenvalue weighted by Crippen LogP contribution is -2.10. The van der Waals surface area contributed by atoms with Gasteiger partial charge in [-0.1, -0.05) is 74.9 Å². The molecular weight excluding hydrogens is 472 g/mol. The van der Waals surface area contributed by atoms with Crippen LogP contribution in [0.5, 0.6) is 5.75 Å². The van der Waals surface area contributed by atoms with Crippen LogP contribution >= 0.6 is 0 Å². The van der Waals surface area contributed by atoms with Gasteiger partial charge in [-0.15, -0.1) is 0 Å². The molecule has 0 bridgehead atoms. The van der Waals surface area contributed by atoms with Gasteiger partial charge in [0.05, 0.1) is 13.2 Å². The van der Waals surface area contributed by atoms with Gasteiger partial charge in [-0.05, 0) is 89.6 Å². The zero-order valence-electron chi connectivity index (χ0n) is 23.0. The Bertz CT molecular complexity index is 1250. The molecule has 0 saturated heterocycles. The topological polar surface area (TPSA) is 55.8 Å². The molecular formula is C34H40O4. The SMILES string of the molecule is C=C(C)C(=O)OCCc1cc(-c2ccc(-c3ccc(C4CCC(C)CC4)cc3)c(C)c2)ccc1OCCO. The molecule has 3 aromatic rings. The molecule has 38 heavy (non-hydrogen) atoms. The van der Waals surface area contributed by atoms with Crippen LogP contribution in [0, 0.1) is 12.8 Å². The van der Waals surface area contributed by atoms with E-state index in [-0.39, 0.29) is 19.8 Å². The van der Waals surface area contributed by atoms with E-state index in [4.69, 9.17) is 9.47 Å². The summed E-state index contributed by atoms with van der Waals surface area (Å²) in [4.78, 5) is 11.8. The first-order valence-corrected chi connectivity index (χ1v) is 13.8. The largest absolute Gasteiger partial charge is 0.491 e. The molecule has 0 aliphatic heterocycles.